The number of benzene rings is 2. The molecular weight excluding hydrogens is 268 g/mol. The van der Waals surface area contributed by atoms with E-state index in [9.17, 15) is 15.2 Å². The fraction of sp³-hybridized carbons (Fsp3) is 0.250. The molecule has 2 rings (SSSR count). The van der Waals surface area contributed by atoms with Crippen molar-refractivity contribution in [2.75, 3.05) is 18.0 Å². The summed E-state index contributed by atoms with van der Waals surface area (Å²) in [5.41, 5.74) is 2.14. The quantitative estimate of drug-likeness (QED) is 0.653. The minimum atomic E-state index is -0.394. The topological polar surface area (TPSA) is 66.6 Å². The molecule has 0 atom stereocenters. The zero-order valence-electron chi connectivity index (χ0n) is 11.9. The van der Waals surface area contributed by atoms with Crippen LogP contribution >= 0.6 is 0 Å². The zero-order chi connectivity index (χ0) is 15.2. The van der Waals surface area contributed by atoms with Crippen LogP contribution in [0.25, 0.3) is 0 Å². The monoisotopic (exact) mass is 286 g/mol. The number of nitro groups is 1. The van der Waals surface area contributed by atoms with Crippen molar-refractivity contribution in [3.8, 4) is 5.75 Å². The highest BCUT2D eigenvalue weighted by atomic mass is 16.6. The van der Waals surface area contributed by atoms with Crippen LogP contribution in [-0.4, -0.2) is 23.1 Å². The fourth-order valence-corrected chi connectivity index (χ4v) is 2.21. The van der Waals surface area contributed by atoms with Crippen LogP contribution in [0.1, 0.15) is 12.5 Å². The fourth-order valence-electron chi connectivity index (χ4n) is 2.21. The summed E-state index contributed by atoms with van der Waals surface area (Å²) < 4.78 is 0. The number of phenolic OH excluding ortho intramolecular Hbond substituents is 1. The molecule has 0 heterocycles. The van der Waals surface area contributed by atoms with Crippen molar-refractivity contribution in [2.45, 2.75) is 13.3 Å². The molecular formula is C16H18N2O3. The Bertz CT molecular complexity index is 611. The maximum atomic E-state index is 10.6. The van der Waals surface area contributed by atoms with Gasteiger partial charge in [0.2, 0.25) is 0 Å². The molecule has 0 saturated carbocycles. The largest absolute Gasteiger partial charge is 0.508 e. The SMILES string of the molecule is CCN(CCc1ccc([N+](=O)[O-])cc1)c1cccc(O)c1. The second-order valence-electron chi connectivity index (χ2n) is 4.77. The maximum Gasteiger partial charge on any atom is 0.269 e. The Morgan fingerprint density at radius 3 is 2.48 bits per heavy atom. The van der Waals surface area contributed by atoms with Crippen molar-refractivity contribution in [1.82, 2.24) is 0 Å². The number of phenols is 1. The first-order valence-corrected chi connectivity index (χ1v) is 6.87. The average molecular weight is 286 g/mol. The molecule has 5 nitrogen and oxygen atoms in total. The number of aromatic hydroxyl groups is 1. The Morgan fingerprint density at radius 2 is 1.90 bits per heavy atom. The Kier molecular flexibility index (Phi) is 4.77. The first-order chi connectivity index (χ1) is 10.1. The van der Waals surface area contributed by atoms with Crippen LogP contribution in [0, 0.1) is 10.1 Å². The third-order valence-corrected chi connectivity index (χ3v) is 3.39. The van der Waals surface area contributed by atoms with Crippen LogP contribution in [0.15, 0.2) is 48.5 Å². The molecule has 0 aromatic heterocycles. The lowest BCUT2D eigenvalue weighted by atomic mass is 10.1. The van der Waals surface area contributed by atoms with E-state index in [1.54, 1.807) is 24.3 Å². The van der Waals surface area contributed by atoms with Crippen molar-refractivity contribution in [1.29, 1.82) is 0 Å². The Morgan fingerprint density at radius 1 is 1.19 bits per heavy atom. The summed E-state index contributed by atoms with van der Waals surface area (Å²) in [5.74, 6) is 0.251. The van der Waals surface area contributed by atoms with Crippen LogP contribution in [0.3, 0.4) is 0 Å². The molecule has 0 spiro atoms. The van der Waals surface area contributed by atoms with E-state index in [-0.39, 0.29) is 11.4 Å². The zero-order valence-corrected chi connectivity index (χ0v) is 11.9. The lowest BCUT2D eigenvalue weighted by molar-refractivity contribution is -0.384. The van der Waals surface area contributed by atoms with Gasteiger partial charge >= 0.3 is 0 Å². The van der Waals surface area contributed by atoms with Crippen LogP contribution in [0.5, 0.6) is 5.75 Å². The third-order valence-electron chi connectivity index (χ3n) is 3.39. The van der Waals surface area contributed by atoms with Crippen LogP contribution in [0.2, 0.25) is 0 Å². The van der Waals surface area contributed by atoms with Crippen LogP contribution < -0.4 is 4.90 Å². The smallest absolute Gasteiger partial charge is 0.269 e. The van der Waals surface area contributed by atoms with Gasteiger partial charge < -0.3 is 10.0 Å². The van der Waals surface area contributed by atoms with Gasteiger partial charge in [-0.15, -0.1) is 0 Å². The molecule has 0 aliphatic heterocycles. The molecule has 1 N–H and O–H groups in total. The standard InChI is InChI=1S/C16H18N2O3/c1-2-17(15-4-3-5-16(19)12-15)11-10-13-6-8-14(9-7-13)18(20)21/h3-9,12,19H,2,10-11H2,1H3. The van der Waals surface area contributed by atoms with E-state index >= 15 is 0 Å². The van der Waals surface area contributed by atoms with Crippen molar-refractivity contribution in [2.24, 2.45) is 0 Å². The van der Waals surface area contributed by atoms with Gasteiger partial charge in [-0.1, -0.05) is 18.2 Å². The van der Waals surface area contributed by atoms with E-state index in [1.165, 1.54) is 12.1 Å². The summed E-state index contributed by atoms with van der Waals surface area (Å²) in [4.78, 5) is 12.4. The lowest BCUT2D eigenvalue weighted by Crippen LogP contribution is -2.25. The predicted octanol–water partition coefficient (Wildman–Crippen LogP) is 3.37. The lowest BCUT2D eigenvalue weighted by Gasteiger charge is -2.23. The van der Waals surface area contributed by atoms with E-state index in [4.69, 9.17) is 0 Å². The molecule has 0 bridgehead atoms. The van der Waals surface area contributed by atoms with Crippen molar-refractivity contribution < 1.29 is 10.0 Å². The molecule has 110 valence electrons. The number of nitro benzene ring substituents is 1. The van der Waals surface area contributed by atoms with E-state index in [0.717, 1.165) is 30.8 Å². The molecule has 0 unspecified atom stereocenters. The van der Waals surface area contributed by atoms with Gasteiger partial charge in [-0.25, -0.2) is 0 Å². The van der Waals surface area contributed by atoms with E-state index < -0.39 is 4.92 Å². The van der Waals surface area contributed by atoms with E-state index in [2.05, 4.69) is 11.8 Å². The van der Waals surface area contributed by atoms with Crippen molar-refractivity contribution in [3.63, 3.8) is 0 Å². The molecule has 0 saturated heterocycles. The highest BCUT2D eigenvalue weighted by molar-refractivity contribution is 5.50. The molecule has 0 fully saturated rings. The average Bonchev–Trinajstić information content (AvgIpc) is 2.48. The Hall–Kier alpha value is -2.56. The van der Waals surface area contributed by atoms with Gasteiger partial charge in [0.25, 0.3) is 5.69 Å². The minimum Gasteiger partial charge on any atom is -0.508 e. The van der Waals surface area contributed by atoms with Crippen LogP contribution in [-0.2, 0) is 6.42 Å². The molecule has 2 aromatic carbocycles. The normalized spacial score (nSPS) is 10.3. The number of hydrogen-bond acceptors (Lipinski definition) is 4. The van der Waals surface area contributed by atoms with Crippen LogP contribution in [0.4, 0.5) is 11.4 Å². The predicted molar refractivity (Wildman–Crippen MR) is 82.8 cm³/mol. The summed E-state index contributed by atoms with van der Waals surface area (Å²) in [6.07, 6.45) is 0.793. The molecule has 0 aliphatic rings. The number of anilines is 1. The third kappa shape index (κ3) is 3.95. The first kappa shape index (κ1) is 14.8. The number of nitrogens with zero attached hydrogens (tertiary/aromatic N) is 2. The maximum absolute atomic E-state index is 10.6. The summed E-state index contributed by atoms with van der Waals surface area (Å²) in [6, 6.07) is 13.8. The van der Waals surface area contributed by atoms with Gasteiger partial charge in [-0.3, -0.25) is 10.1 Å². The summed E-state index contributed by atoms with van der Waals surface area (Å²) in [5, 5.41) is 20.1. The summed E-state index contributed by atoms with van der Waals surface area (Å²) in [7, 11) is 0. The summed E-state index contributed by atoms with van der Waals surface area (Å²) >= 11 is 0. The number of hydrogen-bond donors (Lipinski definition) is 1. The van der Waals surface area contributed by atoms with Gasteiger partial charge in [0.1, 0.15) is 5.75 Å². The molecule has 2 aromatic rings. The first-order valence-electron chi connectivity index (χ1n) is 6.87. The molecule has 0 radical (unpaired) electrons. The van der Waals surface area contributed by atoms with E-state index in [0.29, 0.717) is 0 Å². The molecule has 5 heteroatoms. The summed E-state index contributed by atoms with van der Waals surface area (Å²) in [6.45, 7) is 3.67. The van der Waals surface area contributed by atoms with Gasteiger partial charge in [0, 0.05) is 37.0 Å². The molecule has 21 heavy (non-hydrogen) atoms. The van der Waals surface area contributed by atoms with Crippen molar-refractivity contribution >= 4 is 11.4 Å². The highest BCUT2D eigenvalue weighted by Gasteiger charge is 2.07. The second-order valence-corrected chi connectivity index (χ2v) is 4.77. The Labute approximate surface area is 123 Å². The van der Waals surface area contributed by atoms with Gasteiger partial charge in [0.15, 0.2) is 0 Å². The van der Waals surface area contributed by atoms with Gasteiger partial charge in [0.05, 0.1) is 4.92 Å². The van der Waals surface area contributed by atoms with Gasteiger partial charge in [-0.2, -0.15) is 0 Å². The number of non-ortho nitro benzene ring substituents is 1. The second kappa shape index (κ2) is 6.74. The van der Waals surface area contributed by atoms with Crippen molar-refractivity contribution in [3.05, 3.63) is 64.2 Å². The number of rotatable bonds is 6. The molecule has 0 amide bonds. The van der Waals surface area contributed by atoms with E-state index in [1.807, 2.05) is 12.1 Å². The minimum absolute atomic E-state index is 0.110. The Balaban J connectivity index is 2.01. The molecule has 0 aliphatic carbocycles. The van der Waals surface area contributed by atoms with Gasteiger partial charge in [-0.05, 0) is 31.0 Å². The number of likely N-dealkylation sites (N-methyl/N-ethyl adjacent to an activating group) is 1. The highest BCUT2D eigenvalue weighted by Crippen LogP contribution is 2.20.